The van der Waals surface area contributed by atoms with Crippen molar-refractivity contribution in [3.05, 3.63) is 54.6 Å². The predicted octanol–water partition coefficient (Wildman–Crippen LogP) is 3.13. The molecule has 0 radical (unpaired) electrons. The number of hydrogen-bond donors (Lipinski definition) is 2. The highest BCUT2D eigenvalue weighted by Gasteiger charge is 2.14. The van der Waals surface area contributed by atoms with Crippen LogP contribution in [0.2, 0.25) is 0 Å². The predicted molar refractivity (Wildman–Crippen MR) is 89.4 cm³/mol. The van der Waals surface area contributed by atoms with Gasteiger partial charge < -0.3 is 10.6 Å². The van der Waals surface area contributed by atoms with E-state index in [-0.39, 0.29) is 12.4 Å². The Morgan fingerprint density at radius 1 is 0.955 bits per heavy atom. The van der Waals surface area contributed by atoms with Gasteiger partial charge in [-0.25, -0.2) is 0 Å². The lowest BCUT2D eigenvalue weighted by atomic mass is 10.3. The topological polar surface area (TPSA) is 58.2 Å². The van der Waals surface area contributed by atoms with E-state index in [4.69, 9.17) is 11.6 Å². The van der Waals surface area contributed by atoms with E-state index in [2.05, 4.69) is 10.6 Å². The highest BCUT2D eigenvalue weighted by molar-refractivity contribution is 7.99. The second-order valence-corrected chi connectivity index (χ2v) is 5.80. The Kier molecular flexibility index (Phi) is 6.30. The normalized spacial score (nSPS) is 10.0. The van der Waals surface area contributed by atoms with Crippen molar-refractivity contribution in [2.75, 3.05) is 17.7 Å². The van der Waals surface area contributed by atoms with Gasteiger partial charge in [0.25, 0.3) is 0 Å². The molecule has 0 saturated carbocycles. The van der Waals surface area contributed by atoms with Crippen LogP contribution in [0.1, 0.15) is 0 Å². The number of amides is 2. The lowest BCUT2D eigenvalue weighted by Crippen LogP contribution is -2.36. The average Bonchev–Trinajstić information content (AvgIpc) is 2.55. The molecule has 0 unspecified atom stereocenters. The molecule has 2 N–H and O–H groups in total. The van der Waals surface area contributed by atoms with Crippen LogP contribution in [0.5, 0.6) is 0 Å². The van der Waals surface area contributed by atoms with E-state index >= 15 is 0 Å². The molecular weight excluding hydrogens is 320 g/mol. The average molecular weight is 335 g/mol. The van der Waals surface area contributed by atoms with Crippen molar-refractivity contribution < 1.29 is 9.59 Å². The minimum Gasteiger partial charge on any atom is -0.347 e. The summed E-state index contributed by atoms with van der Waals surface area (Å²) >= 11 is 6.99. The molecule has 0 aliphatic rings. The summed E-state index contributed by atoms with van der Waals surface area (Å²) in [5.74, 6) is -1.13. The van der Waals surface area contributed by atoms with Gasteiger partial charge in [0.05, 0.1) is 5.69 Å². The van der Waals surface area contributed by atoms with E-state index in [1.165, 1.54) is 11.8 Å². The number of para-hydroxylation sites is 1. The Morgan fingerprint density at radius 2 is 1.64 bits per heavy atom. The summed E-state index contributed by atoms with van der Waals surface area (Å²) in [4.78, 5) is 25.4. The molecule has 22 heavy (non-hydrogen) atoms. The molecule has 0 heterocycles. The molecule has 0 aliphatic carbocycles. The molecule has 2 rings (SSSR count). The summed E-state index contributed by atoms with van der Waals surface area (Å²) in [6, 6.07) is 17.1. The Labute approximate surface area is 138 Å². The molecule has 0 spiro atoms. The lowest BCUT2D eigenvalue weighted by molar-refractivity contribution is -0.136. The van der Waals surface area contributed by atoms with Gasteiger partial charge in [-0.05, 0) is 24.3 Å². The maximum atomic E-state index is 11.8. The van der Waals surface area contributed by atoms with Crippen molar-refractivity contribution in [1.82, 2.24) is 5.32 Å². The van der Waals surface area contributed by atoms with Crippen LogP contribution < -0.4 is 10.6 Å². The summed E-state index contributed by atoms with van der Waals surface area (Å²) in [5.41, 5.74) is 0.599. The van der Waals surface area contributed by atoms with Gasteiger partial charge in [0.2, 0.25) is 0 Å². The van der Waals surface area contributed by atoms with Crippen LogP contribution in [0, 0.1) is 0 Å². The molecule has 2 amide bonds. The number of alkyl halides is 1. The first kappa shape index (κ1) is 16.4. The van der Waals surface area contributed by atoms with Crippen LogP contribution in [0.4, 0.5) is 5.69 Å². The zero-order valence-corrected chi connectivity index (χ0v) is 13.3. The van der Waals surface area contributed by atoms with Gasteiger partial charge in [-0.15, -0.1) is 11.6 Å². The van der Waals surface area contributed by atoms with Gasteiger partial charge in [-0.2, -0.15) is 0 Å². The number of nitrogens with one attached hydrogen (secondary N) is 2. The second kappa shape index (κ2) is 8.46. The van der Waals surface area contributed by atoms with Crippen LogP contribution in [0.25, 0.3) is 0 Å². The first-order valence-corrected chi connectivity index (χ1v) is 8.03. The highest BCUT2D eigenvalue weighted by atomic mass is 35.5. The monoisotopic (exact) mass is 334 g/mol. The SMILES string of the molecule is O=C(NCCCl)C(=O)Nc1ccccc1Sc1ccccc1. The molecule has 0 aromatic heterocycles. The third-order valence-corrected chi connectivity index (χ3v) is 3.97. The third kappa shape index (κ3) is 4.79. The number of carbonyl (C=O) groups is 2. The number of carbonyl (C=O) groups excluding carboxylic acids is 2. The highest BCUT2D eigenvalue weighted by Crippen LogP contribution is 2.33. The molecule has 2 aromatic rings. The fraction of sp³-hybridized carbons (Fsp3) is 0.125. The number of hydrogen-bond acceptors (Lipinski definition) is 3. The van der Waals surface area contributed by atoms with Gasteiger partial charge in [0.15, 0.2) is 0 Å². The van der Waals surface area contributed by atoms with E-state index in [0.717, 1.165) is 9.79 Å². The van der Waals surface area contributed by atoms with E-state index in [1.54, 1.807) is 12.1 Å². The van der Waals surface area contributed by atoms with Gasteiger partial charge in [0, 0.05) is 22.2 Å². The molecule has 0 aliphatic heterocycles. The molecule has 114 valence electrons. The summed E-state index contributed by atoms with van der Waals surface area (Å²) in [6.07, 6.45) is 0. The minimum absolute atomic E-state index is 0.258. The van der Waals surface area contributed by atoms with Crippen LogP contribution in [0.15, 0.2) is 64.4 Å². The Bertz CT molecular complexity index is 650. The second-order valence-electron chi connectivity index (χ2n) is 4.31. The molecule has 6 heteroatoms. The van der Waals surface area contributed by atoms with Gasteiger partial charge in [-0.1, -0.05) is 42.1 Å². The van der Waals surface area contributed by atoms with Gasteiger partial charge in [-0.3, -0.25) is 9.59 Å². The fourth-order valence-electron chi connectivity index (χ4n) is 1.69. The quantitative estimate of drug-likeness (QED) is 0.652. The molecule has 0 bridgehead atoms. The van der Waals surface area contributed by atoms with E-state index in [1.807, 2.05) is 42.5 Å². The first-order chi connectivity index (χ1) is 10.7. The molecular formula is C16H15ClN2O2S. The maximum Gasteiger partial charge on any atom is 0.313 e. The van der Waals surface area contributed by atoms with E-state index in [9.17, 15) is 9.59 Å². The summed E-state index contributed by atoms with van der Waals surface area (Å²) in [5, 5.41) is 5.06. The smallest absolute Gasteiger partial charge is 0.313 e. The van der Waals surface area contributed by atoms with Gasteiger partial charge in [0.1, 0.15) is 0 Å². The third-order valence-electron chi connectivity index (χ3n) is 2.69. The zero-order valence-electron chi connectivity index (χ0n) is 11.7. The number of rotatable bonds is 5. The van der Waals surface area contributed by atoms with Crippen molar-refractivity contribution in [1.29, 1.82) is 0 Å². The van der Waals surface area contributed by atoms with Crippen molar-refractivity contribution in [3.63, 3.8) is 0 Å². The zero-order chi connectivity index (χ0) is 15.8. The number of anilines is 1. The molecule has 0 saturated heterocycles. The van der Waals surface area contributed by atoms with Crippen LogP contribution >= 0.6 is 23.4 Å². The van der Waals surface area contributed by atoms with Crippen LogP contribution in [-0.4, -0.2) is 24.2 Å². The standard InChI is InChI=1S/C16H15ClN2O2S/c17-10-11-18-15(20)16(21)19-13-8-4-5-9-14(13)22-12-6-2-1-3-7-12/h1-9H,10-11H2,(H,18,20)(H,19,21). The van der Waals surface area contributed by atoms with Crippen molar-refractivity contribution >= 4 is 40.9 Å². The molecule has 0 fully saturated rings. The lowest BCUT2D eigenvalue weighted by Gasteiger charge is -2.10. The first-order valence-electron chi connectivity index (χ1n) is 6.68. The molecule has 4 nitrogen and oxygen atoms in total. The largest absolute Gasteiger partial charge is 0.347 e. The van der Waals surface area contributed by atoms with Crippen molar-refractivity contribution in [2.45, 2.75) is 9.79 Å². The van der Waals surface area contributed by atoms with Gasteiger partial charge >= 0.3 is 11.8 Å². The fourth-order valence-corrected chi connectivity index (χ4v) is 2.71. The number of halogens is 1. The van der Waals surface area contributed by atoms with Crippen LogP contribution in [0.3, 0.4) is 0 Å². The minimum atomic E-state index is -0.703. The Morgan fingerprint density at radius 3 is 2.36 bits per heavy atom. The number of benzene rings is 2. The summed E-state index contributed by atoms with van der Waals surface area (Å²) in [7, 11) is 0. The van der Waals surface area contributed by atoms with E-state index in [0.29, 0.717) is 5.69 Å². The molecule has 0 atom stereocenters. The van der Waals surface area contributed by atoms with Crippen molar-refractivity contribution in [2.24, 2.45) is 0 Å². The summed E-state index contributed by atoms with van der Waals surface area (Å²) in [6.45, 7) is 0.258. The van der Waals surface area contributed by atoms with Crippen LogP contribution in [-0.2, 0) is 9.59 Å². The van der Waals surface area contributed by atoms with Crippen molar-refractivity contribution in [3.8, 4) is 0 Å². The Balaban J connectivity index is 2.08. The Hall–Kier alpha value is -1.98. The summed E-state index contributed by atoms with van der Waals surface area (Å²) < 4.78 is 0. The van der Waals surface area contributed by atoms with E-state index < -0.39 is 11.8 Å². The molecule has 2 aromatic carbocycles. The maximum absolute atomic E-state index is 11.8.